The smallest absolute Gasteiger partial charge is 0.317 e. The maximum atomic E-state index is 12.7. The van der Waals surface area contributed by atoms with Crippen molar-refractivity contribution < 1.29 is 4.79 Å². The molecule has 2 fully saturated rings. The van der Waals surface area contributed by atoms with Gasteiger partial charge in [-0.05, 0) is 43.5 Å². The van der Waals surface area contributed by atoms with E-state index in [0.29, 0.717) is 22.3 Å². The zero-order valence-corrected chi connectivity index (χ0v) is 18.3. The lowest BCUT2D eigenvalue weighted by molar-refractivity contribution is 0.107. The summed E-state index contributed by atoms with van der Waals surface area (Å²) in [5, 5.41) is 4.10. The zero-order valence-electron chi connectivity index (χ0n) is 16.8. The van der Waals surface area contributed by atoms with Crippen molar-refractivity contribution in [1.82, 2.24) is 20.1 Å². The number of likely N-dealkylation sites (tertiary alicyclic amines) is 2. The first-order chi connectivity index (χ1) is 14.4. The number of benzene rings is 1. The van der Waals surface area contributed by atoms with Crippen LogP contribution < -0.4 is 10.7 Å². The molecule has 2 aliphatic rings. The van der Waals surface area contributed by atoms with Crippen molar-refractivity contribution in [3.63, 3.8) is 0 Å². The fourth-order valence-electron chi connectivity index (χ4n) is 4.65. The third-order valence-corrected chi connectivity index (χ3v) is 6.86. The number of pyridine rings is 1. The molecule has 160 valence electrons. The number of piperidine rings is 1. The highest BCUT2D eigenvalue weighted by Crippen LogP contribution is 2.39. The van der Waals surface area contributed by atoms with Crippen LogP contribution in [-0.2, 0) is 13.1 Å². The highest BCUT2D eigenvalue weighted by atomic mass is 35.5. The Hall–Kier alpha value is -2.02. The molecule has 6 nitrogen and oxygen atoms in total. The number of carbonyl (C=O) groups excluding carboxylic acids is 1. The minimum atomic E-state index is -0.0679. The van der Waals surface area contributed by atoms with Crippen LogP contribution in [0.5, 0.6) is 0 Å². The Morgan fingerprint density at radius 2 is 1.97 bits per heavy atom. The summed E-state index contributed by atoms with van der Waals surface area (Å²) in [5.74, 6) is 0. The lowest BCUT2D eigenvalue weighted by atomic mass is 9.79. The number of carbonyl (C=O) groups is 1. The molecule has 1 atom stereocenters. The summed E-state index contributed by atoms with van der Waals surface area (Å²) < 4.78 is 0. The summed E-state index contributed by atoms with van der Waals surface area (Å²) in [4.78, 5) is 31.5. The molecule has 0 aliphatic carbocycles. The van der Waals surface area contributed by atoms with Crippen molar-refractivity contribution in [2.45, 2.75) is 32.4 Å². The predicted molar refractivity (Wildman–Crippen MR) is 119 cm³/mol. The number of nitrogens with zero attached hydrogens (tertiary/aromatic N) is 2. The Balaban J connectivity index is 1.33. The van der Waals surface area contributed by atoms with E-state index in [1.54, 1.807) is 6.20 Å². The predicted octanol–water partition coefficient (Wildman–Crippen LogP) is 3.88. The molecule has 4 rings (SSSR count). The second-order valence-corrected chi connectivity index (χ2v) is 9.26. The van der Waals surface area contributed by atoms with E-state index in [-0.39, 0.29) is 16.9 Å². The van der Waals surface area contributed by atoms with Crippen molar-refractivity contribution in [3.05, 3.63) is 68.1 Å². The van der Waals surface area contributed by atoms with Gasteiger partial charge in [-0.15, -0.1) is 0 Å². The summed E-state index contributed by atoms with van der Waals surface area (Å²) in [6.45, 7) is 4.69. The van der Waals surface area contributed by atoms with Gasteiger partial charge in [0.05, 0.1) is 16.6 Å². The zero-order chi connectivity index (χ0) is 21.1. The number of hydrogen-bond donors (Lipinski definition) is 2. The maximum Gasteiger partial charge on any atom is 0.317 e. The van der Waals surface area contributed by atoms with Crippen molar-refractivity contribution in [3.8, 4) is 0 Å². The molecule has 2 aromatic rings. The number of aromatic amines is 1. The van der Waals surface area contributed by atoms with E-state index in [1.165, 1.54) is 12.1 Å². The molecule has 0 radical (unpaired) electrons. The van der Waals surface area contributed by atoms with Gasteiger partial charge in [0.2, 0.25) is 0 Å². The lowest BCUT2D eigenvalue weighted by Gasteiger charge is -2.40. The first kappa shape index (κ1) is 21.2. The Morgan fingerprint density at radius 1 is 1.10 bits per heavy atom. The third kappa shape index (κ3) is 4.99. The SMILES string of the molecule is O=C(NCc1cc(=O)cc[nH]1)N1CCCC2(CCN(Cc3ccc(Cl)c(Cl)c3)C2)C1. The van der Waals surface area contributed by atoms with Crippen LogP contribution in [-0.4, -0.2) is 47.0 Å². The first-order valence-electron chi connectivity index (χ1n) is 10.3. The number of rotatable bonds is 4. The van der Waals surface area contributed by atoms with Gasteiger partial charge in [-0.3, -0.25) is 9.69 Å². The molecule has 0 bridgehead atoms. The molecule has 2 N–H and O–H groups in total. The van der Waals surface area contributed by atoms with Crippen molar-refractivity contribution in [1.29, 1.82) is 0 Å². The summed E-state index contributed by atoms with van der Waals surface area (Å²) >= 11 is 12.2. The van der Waals surface area contributed by atoms with Crippen LogP contribution >= 0.6 is 23.2 Å². The molecule has 1 aromatic carbocycles. The lowest BCUT2D eigenvalue weighted by Crippen LogP contribution is -2.50. The summed E-state index contributed by atoms with van der Waals surface area (Å²) in [6, 6.07) is 8.70. The van der Waals surface area contributed by atoms with Gasteiger partial charge in [-0.1, -0.05) is 29.3 Å². The minimum absolute atomic E-state index is 0.0667. The number of H-pyrrole nitrogens is 1. The topological polar surface area (TPSA) is 68.4 Å². The van der Waals surface area contributed by atoms with E-state index in [9.17, 15) is 9.59 Å². The minimum Gasteiger partial charge on any atom is -0.363 e. The normalized spacial score (nSPS) is 21.9. The van der Waals surface area contributed by atoms with Crippen molar-refractivity contribution in [2.24, 2.45) is 5.41 Å². The number of hydrogen-bond acceptors (Lipinski definition) is 3. The quantitative estimate of drug-likeness (QED) is 0.745. The van der Waals surface area contributed by atoms with Crippen LogP contribution in [0.25, 0.3) is 0 Å². The van der Waals surface area contributed by atoms with Crippen LogP contribution in [0.3, 0.4) is 0 Å². The van der Waals surface area contributed by atoms with Gasteiger partial charge >= 0.3 is 6.03 Å². The average molecular weight is 449 g/mol. The van der Waals surface area contributed by atoms with Crippen LogP contribution in [0.1, 0.15) is 30.5 Å². The monoisotopic (exact) mass is 448 g/mol. The summed E-state index contributed by atoms with van der Waals surface area (Å²) in [6.07, 6.45) is 4.83. The highest BCUT2D eigenvalue weighted by Gasteiger charge is 2.42. The van der Waals surface area contributed by atoms with Gasteiger partial charge in [0.15, 0.2) is 5.43 Å². The molecule has 1 aromatic heterocycles. The molecular weight excluding hydrogens is 423 g/mol. The molecule has 1 spiro atoms. The molecule has 2 aliphatic heterocycles. The Labute approximate surface area is 186 Å². The van der Waals surface area contributed by atoms with Gasteiger partial charge in [-0.25, -0.2) is 4.79 Å². The Bertz CT molecular complexity index is 980. The fraction of sp³-hybridized carbons (Fsp3) is 0.455. The second-order valence-electron chi connectivity index (χ2n) is 8.44. The molecule has 2 amide bonds. The molecule has 8 heteroatoms. The molecule has 1 unspecified atom stereocenters. The fourth-order valence-corrected chi connectivity index (χ4v) is 4.97. The van der Waals surface area contributed by atoms with E-state index in [1.807, 2.05) is 23.1 Å². The van der Waals surface area contributed by atoms with Crippen molar-refractivity contribution >= 4 is 29.2 Å². The van der Waals surface area contributed by atoms with Gasteiger partial charge in [0.25, 0.3) is 0 Å². The van der Waals surface area contributed by atoms with E-state index >= 15 is 0 Å². The standard InChI is InChI=1S/C22H26Cl2N4O2/c23-19-3-2-16(10-20(19)24)13-27-9-6-22(14-27)5-1-8-28(15-22)21(30)26-12-17-11-18(29)4-7-25-17/h2-4,7,10-11H,1,5-6,8-9,12-15H2,(H,25,29)(H,26,30). The van der Waals surface area contributed by atoms with Gasteiger partial charge < -0.3 is 15.2 Å². The second kappa shape index (κ2) is 9.00. The molecular formula is C22H26Cl2N4O2. The van der Waals surface area contributed by atoms with Gasteiger partial charge in [0, 0.05) is 55.6 Å². The summed E-state index contributed by atoms with van der Waals surface area (Å²) in [7, 11) is 0. The molecule has 2 saturated heterocycles. The van der Waals surface area contributed by atoms with Crippen LogP contribution in [0.4, 0.5) is 4.79 Å². The van der Waals surface area contributed by atoms with Crippen LogP contribution in [0.15, 0.2) is 41.3 Å². The molecule has 3 heterocycles. The number of urea groups is 1. The van der Waals surface area contributed by atoms with Crippen LogP contribution in [0, 0.1) is 5.41 Å². The third-order valence-electron chi connectivity index (χ3n) is 6.12. The molecule has 0 saturated carbocycles. The number of aromatic nitrogens is 1. The first-order valence-corrected chi connectivity index (χ1v) is 11.0. The van der Waals surface area contributed by atoms with Crippen LogP contribution in [0.2, 0.25) is 10.0 Å². The Morgan fingerprint density at radius 3 is 2.77 bits per heavy atom. The Kier molecular flexibility index (Phi) is 6.37. The van der Waals surface area contributed by atoms with Gasteiger partial charge in [0.1, 0.15) is 0 Å². The van der Waals surface area contributed by atoms with E-state index < -0.39 is 0 Å². The average Bonchev–Trinajstić information content (AvgIpc) is 3.10. The molecule has 30 heavy (non-hydrogen) atoms. The van der Waals surface area contributed by atoms with E-state index in [2.05, 4.69) is 15.2 Å². The van der Waals surface area contributed by atoms with E-state index in [0.717, 1.165) is 57.5 Å². The number of amides is 2. The highest BCUT2D eigenvalue weighted by molar-refractivity contribution is 6.42. The largest absolute Gasteiger partial charge is 0.363 e. The number of halogens is 2. The summed E-state index contributed by atoms with van der Waals surface area (Å²) in [5.41, 5.74) is 1.94. The van der Waals surface area contributed by atoms with Gasteiger partial charge in [-0.2, -0.15) is 0 Å². The van der Waals surface area contributed by atoms with E-state index in [4.69, 9.17) is 23.2 Å². The number of nitrogens with one attached hydrogen (secondary N) is 2. The maximum absolute atomic E-state index is 12.7. The van der Waals surface area contributed by atoms with Crippen molar-refractivity contribution in [2.75, 3.05) is 26.2 Å².